The topological polar surface area (TPSA) is 89.7 Å². The predicted molar refractivity (Wildman–Crippen MR) is 100 cm³/mol. The third-order valence-electron chi connectivity index (χ3n) is 4.41. The van der Waals surface area contributed by atoms with Gasteiger partial charge in [-0.25, -0.2) is 18.2 Å². The Labute approximate surface area is 156 Å². The van der Waals surface area contributed by atoms with E-state index in [4.69, 9.17) is 9.15 Å². The summed E-state index contributed by atoms with van der Waals surface area (Å²) in [5.41, 5.74) is 2.06. The number of ether oxygens (including phenoxy) is 1. The van der Waals surface area contributed by atoms with E-state index >= 15 is 0 Å². The molecule has 2 heterocycles. The highest BCUT2D eigenvalue weighted by molar-refractivity contribution is 7.93. The number of oxazole rings is 1. The number of anilines is 1. The van der Waals surface area contributed by atoms with Gasteiger partial charge in [0.2, 0.25) is 15.9 Å². The third kappa shape index (κ3) is 3.40. The summed E-state index contributed by atoms with van der Waals surface area (Å²) < 4.78 is 36.6. The van der Waals surface area contributed by atoms with Crippen molar-refractivity contribution in [2.75, 3.05) is 16.6 Å². The van der Waals surface area contributed by atoms with E-state index in [2.05, 4.69) is 4.98 Å². The van der Waals surface area contributed by atoms with Crippen LogP contribution in [0.5, 0.6) is 0 Å². The third-order valence-corrected chi connectivity index (χ3v) is 6.28. The average Bonchev–Trinajstić information content (AvgIpc) is 3.24. The molecule has 2 aromatic carbocycles. The molecule has 140 valence electrons. The standard InChI is InChI=1S/C19H18N2O5S/c1-13(18-20-16-8-2-3-9-17(16)26-18)25-19(22)14-6-4-7-15(12-14)21-10-5-11-27(21,23)24/h2-4,6-9,12-13H,5,10-11H2,1H3/t13-/m1/s1. The minimum absolute atomic E-state index is 0.121. The van der Waals surface area contributed by atoms with Crippen LogP contribution in [-0.4, -0.2) is 31.7 Å². The predicted octanol–water partition coefficient (Wildman–Crippen LogP) is 3.29. The first-order valence-corrected chi connectivity index (χ1v) is 10.2. The number of aromatic nitrogens is 1. The van der Waals surface area contributed by atoms with E-state index in [0.29, 0.717) is 35.6 Å². The molecule has 0 saturated carbocycles. The zero-order valence-corrected chi connectivity index (χ0v) is 15.5. The van der Waals surface area contributed by atoms with Gasteiger partial charge in [0.15, 0.2) is 11.7 Å². The maximum atomic E-state index is 12.5. The van der Waals surface area contributed by atoms with E-state index in [1.807, 2.05) is 18.2 Å². The van der Waals surface area contributed by atoms with Crippen molar-refractivity contribution in [1.82, 2.24) is 4.98 Å². The Morgan fingerprint density at radius 3 is 2.78 bits per heavy atom. The van der Waals surface area contributed by atoms with Crippen LogP contribution in [0.25, 0.3) is 11.1 Å². The molecule has 0 bridgehead atoms. The van der Waals surface area contributed by atoms with Crippen LogP contribution >= 0.6 is 0 Å². The monoisotopic (exact) mass is 386 g/mol. The first-order chi connectivity index (χ1) is 12.9. The fourth-order valence-electron chi connectivity index (χ4n) is 3.06. The molecule has 3 aromatic rings. The van der Waals surface area contributed by atoms with Crippen molar-refractivity contribution in [2.24, 2.45) is 0 Å². The quantitative estimate of drug-likeness (QED) is 0.639. The summed E-state index contributed by atoms with van der Waals surface area (Å²) in [5.74, 6) is -0.137. The molecule has 1 aliphatic heterocycles. The van der Waals surface area contributed by atoms with Gasteiger partial charge in [-0.2, -0.15) is 0 Å². The number of carbonyl (C=O) groups excluding carboxylic acids is 1. The highest BCUT2D eigenvalue weighted by atomic mass is 32.2. The lowest BCUT2D eigenvalue weighted by Gasteiger charge is -2.17. The van der Waals surface area contributed by atoms with Gasteiger partial charge in [0, 0.05) is 6.54 Å². The second kappa shape index (κ2) is 6.70. The lowest BCUT2D eigenvalue weighted by atomic mass is 10.2. The van der Waals surface area contributed by atoms with E-state index in [9.17, 15) is 13.2 Å². The summed E-state index contributed by atoms with van der Waals surface area (Å²) in [7, 11) is -3.31. The van der Waals surface area contributed by atoms with Crippen LogP contribution in [0.3, 0.4) is 0 Å². The Morgan fingerprint density at radius 1 is 1.22 bits per heavy atom. The number of sulfonamides is 1. The van der Waals surface area contributed by atoms with Gasteiger partial charge in [-0.1, -0.05) is 18.2 Å². The largest absolute Gasteiger partial charge is 0.449 e. The van der Waals surface area contributed by atoms with Crippen molar-refractivity contribution < 1.29 is 22.4 Å². The van der Waals surface area contributed by atoms with Crippen molar-refractivity contribution in [3.63, 3.8) is 0 Å². The number of benzene rings is 2. The molecule has 0 N–H and O–H groups in total. The molecule has 8 heteroatoms. The maximum absolute atomic E-state index is 12.5. The number of carbonyl (C=O) groups is 1. The molecule has 1 atom stereocenters. The molecular formula is C19H18N2O5S. The van der Waals surface area contributed by atoms with E-state index in [-0.39, 0.29) is 11.3 Å². The van der Waals surface area contributed by atoms with E-state index < -0.39 is 22.1 Å². The minimum atomic E-state index is -3.31. The molecule has 1 aromatic heterocycles. The van der Waals surface area contributed by atoms with Crippen molar-refractivity contribution in [1.29, 1.82) is 0 Å². The number of rotatable bonds is 4. The lowest BCUT2D eigenvalue weighted by Crippen LogP contribution is -2.25. The van der Waals surface area contributed by atoms with E-state index in [1.54, 1.807) is 31.2 Å². The van der Waals surface area contributed by atoms with Crippen LogP contribution in [0, 0.1) is 0 Å². The van der Waals surface area contributed by atoms with Gasteiger partial charge < -0.3 is 9.15 Å². The first-order valence-electron chi connectivity index (χ1n) is 8.61. The molecule has 0 radical (unpaired) electrons. The van der Waals surface area contributed by atoms with Gasteiger partial charge in [0.05, 0.1) is 17.0 Å². The Kier molecular flexibility index (Phi) is 4.35. The van der Waals surface area contributed by atoms with Gasteiger partial charge in [0.25, 0.3) is 0 Å². The van der Waals surface area contributed by atoms with Gasteiger partial charge in [-0.3, -0.25) is 4.31 Å². The number of para-hydroxylation sites is 2. The zero-order valence-electron chi connectivity index (χ0n) is 14.7. The van der Waals surface area contributed by atoms with Crippen molar-refractivity contribution in [3.8, 4) is 0 Å². The first kappa shape index (κ1) is 17.5. The second-order valence-electron chi connectivity index (χ2n) is 6.36. The Bertz CT molecular complexity index is 1070. The Hall–Kier alpha value is -2.87. The molecule has 0 amide bonds. The van der Waals surface area contributed by atoms with E-state index in [0.717, 1.165) is 0 Å². The summed E-state index contributed by atoms with van der Waals surface area (Å²) in [6, 6.07) is 13.7. The molecular weight excluding hydrogens is 368 g/mol. The van der Waals surface area contributed by atoms with Crippen molar-refractivity contribution in [2.45, 2.75) is 19.4 Å². The summed E-state index contributed by atoms with van der Waals surface area (Å²) in [6.45, 7) is 2.09. The smallest absolute Gasteiger partial charge is 0.338 e. The molecule has 0 unspecified atom stereocenters. The van der Waals surface area contributed by atoms with Gasteiger partial charge in [0.1, 0.15) is 5.52 Å². The minimum Gasteiger partial charge on any atom is -0.449 e. The highest BCUT2D eigenvalue weighted by Crippen LogP contribution is 2.27. The maximum Gasteiger partial charge on any atom is 0.338 e. The Morgan fingerprint density at radius 2 is 2.04 bits per heavy atom. The van der Waals surface area contributed by atoms with Crippen LogP contribution in [0.2, 0.25) is 0 Å². The fraction of sp³-hybridized carbons (Fsp3) is 0.263. The number of fused-ring (bicyclic) bond motifs is 1. The zero-order chi connectivity index (χ0) is 19.0. The van der Waals surface area contributed by atoms with Crippen LogP contribution in [0.4, 0.5) is 5.69 Å². The van der Waals surface area contributed by atoms with Crippen LogP contribution in [-0.2, 0) is 14.8 Å². The fourth-order valence-corrected chi connectivity index (χ4v) is 4.62. The molecule has 0 spiro atoms. The van der Waals surface area contributed by atoms with Gasteiger partial charge in [-0.15, -0.1) is 0 Å². The normalized spacial score (nSPS) is 17.1. The molecule has 7 nitrogen and oxygen atoms in total. The van der Waals surface area contributed by atoms with E-state index in [1.165, 1.54) is 10.4 Å². The number of esters is 1. The second-order valence-corrected chi connectivity index (χ2v) is 8.37. The summed E-state index contributed by atoms with van der Waals surface area (Å²) in [4.78, 5) is 16.8. The molecule has 1 fully saturated rings. The van der Waals surface area contributed by atoms with Gasteiger partial charge in [-0.05, 0) is 43.7 Å². The van der Waals surface area contributed by atoms with Crippen LogP contribution < -0.4 is 4.31 Å². The number of nitrogens with zero attached hydrogens (tertiary/aromatic N) is 2. The number of hydrogen-bond acceptors (Lipinski definition) is 6. The molecule has 1 saturated heterocycles. The molecule has 4 rings (SSSR count). The molecule has 0 aliphatic carbocycles. The van der Waals surface area contributed by atoms with Gasteiger partial charge >= 0.3 is 5.97 Å². The summed E-state index contributed by atoms with van der Waals surface area (Å²) in [5, 5.41) is 0. The molecule has 1 aliphatic rings. The van der Waals surface area contributed by atoms with Crippen molar-refractivity contribution in [3.05, 3.63) is 60.0 Å². The van der Waals surface area contributed by atoms with Crippen molar-refractivity contribution >= 4 is 32.8 Å². The summed E-state index contributed by atoms with van der Waals surface area (Å²) >= 11 is 0. The Balaban J connectivity index is 1.53. The molecule has 27 heavy (non-hydrogen) atoms. The SMILES string of the molecule is C[C@@H](OC(=O)c1cccc(N2CCCS2(=O)=O)c1)c1nc2ccccc2o1. The highest BCUT2D eigenvalue weighted by Gasteiger charge is 2.29. The summed E-state index contributed by atoms with van der Waals surface area (Å²) in [6.07, 6.45) is -0.102. The van der Waals surface area contributed by atoms with Crippen LogP contribution in [0.1, 0.15) is 35.7 Å². The van der Waals surface area contributed by atoms with Crippen LogP contribution in [0.15, 0.2) is 52.9 Å². The average molecular weight is 386 g/mol. The lowest BCUT2D eigenvalue weighted by molar-refractivity contribution is 0.0282. The number of hydrogen-bond donors (Lipinski definition) is 0.